The minimum absolute atomic E-state index is 0.260. The van der Waals surface area contributed by atoms with Crippen LogP contribution in [0.5, 0.6) is 0 Å². The largest absolute Gasteiger partial charge is 0.475 e. The number of carboxylic acid groups (broad SMARTS) is 1. The van der Waals surface area contributed by atoms with E-state index in [0.717, 1.165) is 0 Å². The first-order chi connectivity index (χ1) is 10.7. The van der Waals surface area contributed by atoms with E-state index in [-0.39, 0.29) is 5.76 Å². The molecule has 0 aliphatic heterocycles. The average Bonchev–Trinajstić information content (AvgIpc) is 2.89. The van der Waals surface area contributed by atoms with Crippen molar-refractivity contribution >= 4 is 33.7 Å². The summed E-state index contributed by atoms with van der Waals surface area (Å²) in [5, 5.41) is 15.2. The Kier molecular flexibility index (Phi) is 4.74. The molecule has 0 unspecified atom stereocenters. The quantitative estimate of drug-likeness (QED) is 0.826. The lowest BCUT2D eigenvalue weighted by atomic mass is 10.1. The number of rotatable bonds is 3. The fourth-order valence-corrected chi connectivity index (χ4v) is 2.05. The predicted octanol–water partition coefficient (Wildman–Crippen LogP) is 4.15. The van der Waals surface area contributed by atoms with Crippen LogP contribution in [0.4, 0.5) is 10.5 Å². The summed E-state index contributed by atoms with van der Waals surface area (Å²) in [6, 6.07) is 6.37. The molecule has 0 aliphatic carbocycles. The first-order valence-corrected chi connectivity index (χ1v) is 7.45. The normalized spacial score (nSPS) is 11.1. The number of ether oxygens (including phenoxy) is 1. The minimum atomic E-state index is -1.20. The number of carboxylic acids is 1. The number of halogens is 1. The first-order valence-electron chi connectivity index (χ1n) is 6.65. The van der Waals surface area contributed by atoms with Gasteiger partial charge in [0.15, 0.2) is 0 Å². The number of hydrogen-bond donors (Lipinski definition) is 2. The van der Waals surface area contributed by atoms with Crippen LogP contribution in [0.3, 0.4) is 0 Å². The summed E-state index contributed by atoms with van der Waals surface area (Å²) in [5.41, 5.74) is 0.797. The molecule has 1 aromatic carbocycles. The molecule has 0 atom stereocenters. The van der Waals surface area contributed by atoms with Crippen molar-refractivity contribution in [2.45, 2.75) is 26.4 Å². The van der Waals surface area contributed by atoms with E-state index in [2.05, 4.69) is 26.4 Å². The standard InChI is InChI=1S/C15H15BrN2O5/c1-15(2,3)22-14(21)17-11-6-8(4-5-9(11)16)10-7-12(13(19)20)23-18-10/h4-7H,1-3H3,(H,17,21)(H,19,20). The predicted molar refractivity (Wildman–Crippen MR) is 86.5 cm³/mol. The van der Waals surface area contributed by atoms with Crippen molar-refractivity contribution in [2.24, 2.45) is 0 Å². The highest BCUT2D eigenvalue weighted by atomic mass is 79.9. The third-order valence-corrected chi connectivity index (χ3v) is 3.31. The van der Waals surface area contributed by atoms with Gasteiger partial charge in [-0.25, -0.2) is 9.59 Å². The van der Waals surface area contributed by atoms with Crippen LogP contribution in [-0.2, 0) is 4.74 Å². The van der Waals surface area contributed by atoms with E-state index in [1.807, 2.05) is 0 Å². The number of anilines is 1. The molecule has 0 radical (unpaired) electrons. The van der Waals surface area contributed by atoms with Crippen LogP contribution in [0.25, 0.3) is 11.3 Å². The van der Waals surface area contributed by atoms with Gasteiger partial charge in [-0.05, 0) is 48.8 Å². The summed E-state index contributed by atoms with van der Waals surface area (Å²) < 4.78 is 10.6. The van der Waals surface area contributed by atoms with E-state index in [0.29, 0.717) is 21.4 Å². The second-order valence-electron chi connectivity index (χ2n) is 5.70. The highest BCUT2D eigenvalue weighted by Crippen LogP contribution is 2.29. The second kappa shape index (κ2) is 6.41. The van der Waals surface area contributed by atoms with Gasteiger partial charge in [0.25, 0.3) is 0 Å². The molecular formula is C15H15BrN2O5. The fraction of sp³-hybridized carbons (Fsp3) is 0.267. The Morgan fingerprint density at radius 1 is 1.30 bits per heavy atom. The molecule has 0 spiro atoms. The average molecular weight is 383 g/mol. The van der Waals surface area contributed by atoms with Crippen molar-refractivity contribution in [3.63, 3.8) is 0 Å². The molecule has 23 heavy (non-hydrogen) atoms. The van der Waals surface area contributed by atoms with Crippen LogP contribution >= 0.6 is 15.9 Å². The van der Waals surface area contributed by atoms with E-state index in [1.54, 1.807) is 39.0 Å². The summed E-state index contributed by atoms with van der Waals surface area (Å²) in [5.74, 6) is -1.46. The zero-order valence-electron chi connectivity index (χ0n) is 12.7. The van der Waals surface area contributed by atoms with Gasteiger partial charge in [0.2, 0.25) is 5.76 Å². The Labute approximate surface area is 140 Å². The maximum Gasteiger partial charge on any atom is 0.412 e. The van der Waals surface area contributed by atoms with Gasteiger partial charge in [0.1, 0.15) is 11.3 Å². The van der Waals surface area contributed by atoms with Gasteiger partial charge in [0.05, 0.1) is 5.69 Å². The van der Waals surface area contributed by atoms with Gasteiger partial charge in [-0.15, -0.1) is 0 Å². The Balaban J connectivity index is 2.24. The Morgan fingerprint density at radius 2 is 2.00 bits per heavy atom. The molecule has 0 bridgehead atoms. The number of nitrogens with one attached hydrogen (secondary N) is 1. The third-order valence-electron chi connectivity index (χ3n) is 2.62. The SMILES string of the molecule is CC(C)(C)OC(=O)Nc1cc(-c2cc(C(=O)O)on2)ccc1Br. The first kappa shape index (κ1) is 17.0. The maximum atomic E-state index is 11.9. The van der Waals surface area contributed by atoms with Gasteiger partial charge in [-0.2, -0.15) is 0 Å². The lowest BCUT2D eigenvalue weighted by Gasteiger charge is -2.20. The minimum Gasteiger partial charge on any atom is -0.475 e. The van der Waals surface area contributed by atoms with E-state index in [4.69, 9.17) is 14.4 Å². The maximum absolute atomic E-state index is 11.9. The topological polar surface area (TPSA) is 102 Å². The molecule has 0 saturated carbocycles. The van der Waals surface area contributed by atoms with Gasteiger partial charge >= 0.3 is 12.1 Å². The molecule has 8 heteroatoms. The lowest BCUT2D eigenvalue weighted by Crippen LogP contribution is -2.27. The third kappa shape index (κ3) is 4.56. The summed E-state index contributed by atoms with van der Waals surface area (Å²) in [4.78, 5) is 22.7. The Morgan fingerprint density at radius 3 is 2.57 bits per heavy atom. The van der Waals surface area contributed by atoms with Crippen LogP contribution < -0.4 is 5.32 Å². The zero-order valence-corrected chi connectivity index (χ0v) is 14.3. The van der Waals surface area contributed by atoms with E-state index >= 15 is 0 Å². The Hall–Kier alpha value is -2.35. The highest BCUT2D eigenvalue weighted by molar-refractivity contribution is 9.10. The van der Waals surface area contributed by atoms with Crippen LogP contribution in [0, 0.1) is 0 Å². The van der Waals surface area contributed by atoms with Crippen molar-refractivity contribution < 1.29 is 24.0 Å². The van der Waals surface area contributed by atoms with E-state index in [1.165, 1.54) is 6.07 Å². The number of carbonyl (C=O) groups is 2. The lowest BCUT2D eigenvalue weighted by molar-refractivity contribution is 0.0630. The van der Waals surface area contributed by atoms with Crippen molar-refractivity contribution in [3.8, 4) is 11.3 Å². The number of benzene rings is 1. The second-order valence-corrected chi connectivity index (χ2v) is 6.56. The molecule has 7 nitrogen and oxygen atoms in total. The van der Waals surface area contributed by atoms with Crippen molar-refractivity contribution in [2.75, 3.05) is 5.32 Å². The molecule has 1 amide bonds. The van der Waals surface area contributed by atoms with Gasteiger partial charge in [-0.3, -0.25) is 5.32 Å². The van der Waals surface area contributed by atoms with Crippen LogP contribution in [0.15, 0.2) is 33.3 Å². The summed E-state index contributed by atoms with van der Waals surface area (Å²) in [6.45, 7) is 5.29. The van der Waals surface area contributed by atoms with E-state index in [9.17, 15) is 9.59 Å². The smallest absolute Gasteiger partial charge is 0.412 e. The number of aromatic carboxylic acids is 1. The Bertz CT molecular complexity index is 749. The van der Waals surface area contributed by atoms with Gasteiger partial charge < -0.3 is 14.4 Å². The molecule has 2 rings (SSSR count). The van der Waals surface area contributed by atoms with Crippen LogP contribution in [0.1, 0.15) is 31.3 Å². The highest BCUT2D eigenvalue weighted by Gasteiger charge is 2.18. The monoisotopic (exact) mass is 382 g/mol. The molecule has 122 valence electrons. The number of carbonyl (C=O) groups excluding carboxylic acids is 1. The molecule has 0 saturated heterocycles. The number of nitrogens with zero attached hydrogens (tertiary/aromatic N) is 1. The number of hydrogen-bond acceptors (Lipinski definition) is 5. The zero-order chi connectivity index (χ0) is 17.2. The van der Waals surface area contributed by atoms with E-state index < -0.39 is 17.7 Å². The molecular weight excluding hydrogens is 368 g/mol. The number of aromatic nitrogens is 1. The number of amides is 1. The van der Waals surface area contributed by atoms with Gasteiger partial charge in [0, 0.05) is 16.1 Å². The summed E-state index contributed by atoms with van der Waals surface area (Å²) >= 11 is 3.33. The fourth-order valence-electron chi connectivity index (χ4n) is 1.71. The van der Waals surface area contributed by atoms with Crippen molar-refractivity contribution in [3.05, 3.63) is 34.5 Å². The molecule has 2 N–H and O–H groups in total. The molecule has 1 aromatic heterocycles. The van der Waals surface area contributed by atoms with Gasteiger partial charge in [-0.1, -0.05) is 11.2 Å². The molecule has 0 fully saturated rings. The van der Waals surface area contributed by atoms with Crippen molar-refractivity contribution in [1.29, 1.82) is 0 Å². The van der Waals surface area contributed by atoms with Crippen LogP contribution in [0.2, 0.25) is 0 Å². The molecule has 2 aromatic rings. The molecule has 1 heterocycles. The van der Waals surface area contributed by atoms with Crippen molar-refractivity contribution in [1.82, 2.24) is 5.16 Å². The van der Waals surface area contributed by atoms with Crippen LogP contribution in [-0.4, -0.2) is 27.9 Å². The summed E-state index contributed by atoms with van der Waals surface area (Å²) in [6.07, 6.45) is -0.596. The summed E-state index contributed by atoms with van der Waals surface area (Å²) in [7, 11) is 0. The molecule has 0 aliphatic rings.